The lowest BCUT2D eigenvalue weighted by molar-refractivity contribution is -0.161. The van der Waals surface area contributed by atoms with Gasteiger partial charge in [-0.2, -0.15) is 0 Å². The summed E-state index contributed by atoms with van der Waals surface area (Å²) < 4.78 is 68.0. The molecule has 0 amide bonds. The average Bonchev–Trinajstić information content (AvgIpc) is 1.09. The van der Waals surface area contributed by atoms with Crippen LogP contribution in [0.25, 0.3) is 0 Å². The van der Waals surface area contributed by atoms with Crippen LogP contribution in [0.4, 0.5) is 0 Å². The molecule has 0 aromatic heterocycles. The van der Waals surface area contributed by atoms with E-state index in [0.717, 1.165) is 116 Å². The van der Waals surface area contributed by atoms with Gasteiger partial charge in [0.2, 0.25) is 0 Å². The summed E-state index contributed by atoms with van der Waals surface area (Å²) in [5.74, 6) is -2.48. The first-order chi connectivity index (χ1) is 46.7. The van der Waals surface area contributed by atoms with E-state index in [9.17, 15) is 43.2 Å². The van der Waals surface area contributed by atoms with Gasteiger partial charge < -0.3 is 33.8 Å². The number of aliphatic hydroxyl groups is 1. The van der Waals surface area contributed by atoms with Gasteiger partial charge >= 0.3 is 39.5 Å². The highest BCUT2D eigenvalue weighted by Gasteiger charge is 2.30. The molecule has 0 spiro atoms. The van der Waals surface area contributed by atoms with Crippen molar-refractivity contribution < 1.29 is 80.2 Å². The Morgan fingerprint density at radius 1 is 0.312 bits per heavy atom. The molecule has 0 rings (SSSR count). The van der Waals surface area contributed by atoms with Crippen LogP contribution >= 0.6 is 15.6 Å². The van der Waals surface area contributed by atoms with Crippen LogP contribution in [0.5, 0.6) is 0 Å². The van der Waals surface area contributed by atoms with E-state index in [1.54, 1.807) is 12.2 Å². The molecule has 96 heavy (non-hydrogen) atoms. The Morgan fingerprint density at radius 3 is 0.875 bits per heavy atom. The number of phosphoric ester groups is 2. The molecule has 17 nitrogen and oxygen atoms in total. The van der Waals surface area contributed by atoms with Gasteiger partial charge in [0, 0.05) is 12.8 Å². The number of hydrogen-bond acceptors (Lipinski definition) is 15. The van der Waals surface area contributed by atoms with Gasteiger partial charge in [-0.05, 0) is 103 Å². The van der Waals surface area contributed by atoms with E-state index in [1.807, 2.05) is 36.5 Å². The van der Waals surface area contributed by atoms with Crippen LogP contribution in [0.1, 0.15) is 272 Å². The maximum Gasteiger partial charge on any atom is 0.472 e. The smallest absolute Gasteiger partial charge is 0.461 e. The monoisotopic (exact) mass is 1390 g/mol. The van der Waals surface area contributed by atoms with Gasteiger partial charge in [0.15, 0.2) is 12.2 Å². The average molecular weight is 1390 g/mol. The second-order valence-electron chi connectivity index (χ2n) is 23.8. The van der Waals surface area contributed by atoms with Crippen molar-refractivity contribution in [3.8, 4) is 0 Å². The minimum absolute atomic E-state index is 0.0612. The predicted molar refractivity (Wildman–Crippen MR) is 390 cm³/mol. The first kappa shape index (κ1) is 91.2. The molecule has 0 aromatic rings. The molecule has 0 aliphatic rings. The largest absolute Gasteiger partial charge is 0.472 e. The van der Waals surface area contributed by atoms with Crippen molar-refractivity contribution in [3.63, 3.8) is 0 Å². The highest BCUT2D eigenvalue weighted by atomic mass is 31.2. The lowest BCUT2D eigenvalue weighted by Crippen LogP contribution is -2.30. The molecule has 0 fully saturated rings. The summed E-state index contributed by atoms with van der Waals surface area (Å²) in [5.41, 5.74) is 0. The maximum atomic E-state index is 13.0. The topological polar surface area (TPSA) is 237 Å². The summed E-state index contributed by atoms with van der Waals surface area (Å²) in [6.07, 6.45) is 75.2. The third kappa shape index (κ3) is 67.8. The van der Waals surface area contributed by atoms with Crippen LogP contribution in [-0.4, -0.2) is 96.7 Å². The van der Waals surface area contributed by atoms with E-state index >= 15 is 0 Å². The molecule has 0 radical (unpaired) electrons. The zero-order valence-corrected chi connectivity index (χ0v) is 61.3. The Balaban J connectivity index is 5.47. The Hall–Kier alpha value is -4.80. The molecule has 3 N–H and O–H groups in total. The van der Waals surface area contributed by atoms with E-state index in [0.29, 0.717) is 25.7 Å². The van der Waals surface area contributed by atoms with E-state index in [1.165, 1.54) is 77.0 Å². The quantitative estimate of drug-likeness (QED) is 0.0169. The highest BCUT2D eigenvalue weighted by molar-refractivity contribution is 7.47. The number of ether oxygens (including phenoxy) is 4. The third-order valence-corrected chi connectivity index (χ3v) is 16.6. The number of unbranched alkanes of at least 4 members (excludes halogenated alkanes) is 21. The molecule has 5 unspecified atom stereocenters. The standard InChI is InChI=1S/C77H128O17P2/c1-5-9-13-17-21-25-29-32-35-38-42-45-49-53-57-61-74(79)87-67-72(93-76(81)63-59-55-51-47-41-28-24-20-16-12-8-4)69-91-95(83,84)89-65-71(78)66-90-96(85,86)92-70-73(94-77(82)64-60-56-52-48-44-40-37-34-31-27-23-19-15-11-7-3)68-88-75(80)62-58-54-50-46-43-39-36-33-30-26-22-18-14-10-6-2/h9-10,13-14,21-22,25-26,32-37,42-43,45-46,53-54,57-58,71-73,78H,5-8,11-12,15-20,23-24,27-31,38-41,44,47-52,55-56,59-70H2,1-4H3,(H,83,84)(H,85,86)/b13-9-,14-10-,25-21-,26-22-,35-32-,36-33-,37-34-,45-42-,46-43-,57-53-,58-54-. The summed E-state index contributed by atoms with van der Waals surface area (Å²) >= 11 is 0. The molecule has 0 aliphatic heterocycles. The zero-order chi connectivity index (χ0) is 70.4. The minimum Gasteiger partial charge on any atom is -0.461 e. The molecule has 0 heterocycles. The van der Waals surface area contributed by atoms with Crippen molar-refractivity contribution in [1.29, 1.82) is 0 Å². The second-order valence-corrected chi connectivity index (χ2v) is 26.7. The number of rotatable bonds is 67. The first-order valence-electron chi connectivity index (χ1n) is 36.4. The predicted octanol–water partition coefficient (Wildman–Crippen LogP) is 20.5. The number of allylic oxidation sites excluding steroid dienone is 20. The lowest BCUT2D eigenvalue weighted by Gasteiger charge is -2.21. The SMILES string of the molecule is CC/C=C\C/C=C\C/C=C\C/C=C\C/C=C\CC(=O)OCC(COP(=O)(O)OCC(O)COP(=O)(O)OCC(COC(=O)C/C=C\C/C=C\C/C=C\C/C=C\C/C=C\CC)OC(=O)CCCCCCCCCCCCC)OC(=O)CCCCCCC/C=C\CCCCCCCC. The Morgan fingerprint density at radius 2 is 0.573 bits per heavy atom. The lowest BCUT2D eigenvalue weighted by atomic mass is 10.1. The van der Waals surface area contributed by atoms with E-state index in [2.05, 4.69) is 113 Å². The highest BCUT2D eigenvalue weighted by Crippen LogP contribution is 2.45. The molecule has 5 atom stereocenters. The van der Waals surface area contributed by atoms with Crippen LogP contribution in [0, 0.1) is 0 Å². The Kier molecular flexibility index (Phi) is 65.3. The van der Waals surface area contributed by atoms with Crippen LogP contribution in [-0.2, 0) is 65.4 Å². The number of carbonyl (C=O) groups is 4. The summed E-state index contributed by atoms with van der Waals surface area (Å²) in [7, 11) is -10.00. The van der Waals surface area contributed by atoms with Crippen molar-refractivity contribution in [2.75, 3.05) is 39.6 Å². The van der Waals surface area contributed by atoms with Crippen LogP contribution in [0.15, 0.2) is 134 Å². The first-order valence-corrected chi connectivity index (χ1v) is 39.4. The van der Waals surface area contributed by atoms with Gasteiger partial charge in [0.1, 0.15) is 19.3 Å². The summed E-state index contributed by atoms with van der Waals surface area (Å²) in [5, 5.41) is 10.6. The number of carbonyl (C=O) groups excluding carboxylic acids is 4. The molecule has 0 bridgehead atoms. The molecular weight excluding hydrogens is 1260 g/mol. The second kappa shape index (κ2) is 68.7. The fourth-order valence-electron chi connectivity index (χ4n) is 9.18. The Labute approximate surface area is 580 Å². The Bertz CT molecular complexity index is 2350. The van der Waals surface area contributed by atoms with Crippen molar-refractivity contribution in [1.82, 2.24) is 0 Å². The third-order valence-electron chi connectivity index (χ3n) is 14.7. The number of hydrogen-bond donors (Lipinski definition) is 3. The number of aliphatic hydroxyl groups excluding tert-OH is 1. The van der Waals surface area contributed by atoms with Crippen LogP contribution in [0.2, 0.25) is 0 Å². The van der Waals surface area contributed by atoms with Gasteiger partial charge in [-0.25, -0.2) is 9.13 Å². The maximum absolute atomic E-state index is 13.0. The molecule has 0 aromatic carbocycles. The molecule has 548 valence electrons. The molecular formula is C77H128O17P2. The van der Waals surface area contributed by atoms with Crippen molar-refractivity contribution in [3.05, 3.63) is 134 Å². The molecule has 19 heteroatoms. The summed E-state index contributed by atoms with van der Waals surface area (Å²) in [6.45, 7) is 4.37. The van der Waals surface area contributed by atoms with Crippen molar-refractivity contribution >= 4 is 39.5 Å². The van der Waals surface area contributed by atoms with Crippen LogP contribution in [0.3, 0.4) is 0 Å². The normalized spacial score (nSPS) is 14.8. The number of phosphoric acid groups is 2. The van der Waals surface area contributed by atoms with Gasteiger partial charge in [0.05, 0.1) is 39.3 Å². The van der Waals surface area contributed by atoms with Crippen LogP contribution < -0.4 is 0 Å². The van der Waals surface area contributed by atoms with Gasteiger partial charge in [-0.15, -0.1) is 0 Å². The minimum atomic E-state index is -5.00. The molecule has 0 saturated carbocycles. The van der Waals surface area contributed by atoms with Crippen molar-refractivity contribution in [2.24, 2.45) is 0 Å². The fourth-order valence-corrected chi connectivity index (χ4v) is 10.8. The molecule has 0 aliphatic carbocycles. The van der Waals surface area contributed by atoms with E-state index < -0.39 is 97.5 Å². The van der Waals surface area contributed by atoms with E-state index in [4.69, 9.17) is 37.0 Å². The summed E-state index contributed by atoms with van der Waals surface area (Å²) in [6, 6.07) is 0. The van der Waals surface area contributed by atoms with Gasteiger partial charge in [-0.3, -0.25) is 37.3 Å². The fraction of sp³-hybridized carbons (Fsp3) is 0.662. The zero-order valence-electron chi connectivity index (χ0n) is 59.5. The van der Waals surface area contributed by atoms with E-state index in [-0.39, 0.29) is 25.7 Å². The van der Waals surface area contributed by atoms with Gasteiger partial charge in [-0.1, -0.05) is 277 Å². The van der Waals surface area contributed by atoms with Crippen molar-refractivity contribution in [2.45, 2.75) is 290 Å². The van der Waals surface area contributed by atoms with Gasteiger partial charge in [0.25, 0.3) is 0 Å². The molecule has 0 saturated heterocycles. The summed E-state index contributed by atoms with van der Waals surface area (Å²) in [4.78, 5) is 72.5. The number of esters is 4.